The minimum atomic E-state index is 0.700. The SMILES string of the molecule is [CH2]C1CCNC(C)C1. The van der Waals surface area contributed by atoms with Crippen molar-refractivity contribution in [1.29, 1.82) is 0 Å². The molecule has 0 bridgehead atoms. The summed E-state index contributed by atoms with van der Waals surface area (Å²) in [6, 6.07) is 0.700. The first kappa shape index (κ1) is 6.09. The van der Waals surface area contributed by atoms with Crippen molar-refractivity contribution < 1.29 is 0 Å². The van der Waals surface area contributed by atoms with Crippen molar-refractivity contribution in [2.24, 2.45) is 5.92 Å². The van der Waals surface area contributed by atoms with E-state index >= 15 is 0 Å². The zero-order valence-electron chi connectivity index (χ0n) is 5.48. The summed E-state index contributed by atoms with van der Waals surface area (Å²) in [6.45, 7) is 7.39. The molecule has 0 spiro atoms. The van der Waals surface area contributed by atoms with Gasteiger partial charge in [0.05, 0.1) is 0 Å². The lowest BCUT2D eigenvalue weighted by Crippen LogP contribution is -2.34. The van der Waals surface area contributed by atoms with Crippen molar-refractivity contribution in [3.63, 3.8) is 0 Å². The smallest absolute Gasteiger partial charge is 0.00413 e. The fraction of sp³-hybridized carbons (Fsp3) is 0.857. The zero-order chi connectivity index (χ0) is 5.98. The minimum absolute atomic E-state index is 0.700. The van der Waals surface area contributed by atoms with Crippen LogP contribution in [0.5, 0.6) is 0 Å². The summed E-state index contributed by atoms with van der Waals surface area (Å²) in [5.41, 5.74) is 0. The molecule has 1 heterocycles. The van der Waals surface area contributed by atoms with Gasteiger partial charge in [0.25, 0.3) is 0 Å². The van der Waals surface area contributed by atoms with Gasteiger partial charge in [-0.3, -0.25) is 0 Å². The average Bonchev–Trinajstić information content (AvgIpc) is 1.64. The van der Waals surface area contributed by atoms with E-state index in [9.17, 15) is 0 Å². The summed E-state index contributed by atoms with van der Waals surface area (Å²) >= 11 is 0. The maximum absolute atomic E-state index is 4.01. The summed E-state index contributed by atoms with van der Waals surface area (Å²) in [4.78, 5) is 0. The summed E-state index contributed by atoms with van der Waals surface area (Å²) in [7, 11) is 0. The first-order valence-corrected chi connectivity index (χ1v) is 3.35. The van der Waals surface area contributed by atoms with E-state index < -0.39 is 0 Å². The van der Waals surface area contributed by atoms with Gasteiger partial charge in [0, 0.05) is 6.04 Å². The van der Waals surface area contributed by atoms with Gasteiger partial charge in [0.15, 0.2) is 0 Å². The molecule has 0 amide bonds. The first-order chi connectivity index (χ1) is 3.79. The molecule has 1 N–H and O–H groups in total. The molecule has 0 saturated carbocycles. The number of piperidine rings is 1. The van der Waals surface area contributed by atoms with Gasteiger partial charge in [-0.2, -0.15) is 0 Å². The van der Waals surface area contributed by atoms with Gasteiger partial charge in [-0.15, -0.1) is 0 Å². The lowest BCUT2D eigenvalue weighted by molar-refractivity contribution is 0.360. The van der Waals surface area contributed by atoms with E-state index in [1.165, 1.54) is 12.8 Å². The van der Waals surface area contributed by atoms with Gasteiger partial charge in [0.1, 0.15) is 0 Å². The summed E-state index contributed by atoms with van der Waals surface area (Å²) < 4.78 is 0. The van der Waals surface area contributed by atoms with Crippen molar-refractivity contribution >= 4 is 0 Å². The highest BCUT2D eigenvalue weighted by molar-refractivity contribution is 4.75. The van der Waals surface area contributed by atoms with Crippen LogP contribution in [0.4, 0.5) is 0 Å². The second kappa shape index (κ2) is 2.49. The Hall–Kier alpha value is -0.0400. The van der Waals surface area contributed by atoms with Crippen molar-refractivity contribution in [2.45, 2.75) is 25.8 Å². The van der Waals surface area contributed by atoms with Crippen molar-refractivity contribution in [3.05, 3.63) is 6.92 Å². The maximum atomic E-state index is 4.01. The van der Waals surface area contributed by atoms with E-state index in [0.717, 1.165) is 6.54 Å². The predicted molar refractivity (Wildman–Crippen MR) is 35.5 cm³/mol. The van der Waals surface area contributed by atoms with Gasteiger partial charge < -0.3 is 5.32 Å². The molecular formula is C7H14N. The Bertz CT molecular complexity index is 62.8. The van der Waals surface area contributed by atoms with Crippen LogP contribution in [0.25, 0.3) is 0 Å². The van der Waals surface area contributed by atoms with Crippen molar-refractivity contribution in [3.8, 4) is 0 Å². The van der Waals surface area contributed by atoms with Crippen LogP contribution in [-0.2, 0) is 0 Å². The molecule has 1 nitrogen and oxygen atoms in total. The molecule has 1 radical (unpaired) electrons. The molecule has 1 heteroatoms. The molecule has 1 saturated heterocycles. The number of hydrogen-bond donors (Lipinski definition) is 1. The second-order valence-electron chi connectivity index (χ2n) is 2.75. The molecular weight excluding hydrogens is 98.1 g/mol. The quantitative estimate of drug-likeness (QED) is 0.496. The summed E-state index contributed by atoms with van der Waals surface area (Å²) in [5, 5.41) is 3.37. The van der Waals surface area contributed by atoms with Gasteiger partial charge in [-0.05, 0) is 32.2 Å². The van der Waals surface area contributed by atoms with Crippen LogP contribution in [0.2, 0.25) is 0 Å². The van der Waals surface area contributed by atoms with Crippen LogP contribution in [0.3, 0.4) is 0 Å². The molecule has 0 aromatic carbocycles. The Labute approximate surface area is 51.5 Å². The number of hydrogen-bond acceptors (Lipinski definition) is 1. The fourth-order valence-electron chi connectivity index (χ4n) is 1.24. The third-order valence-electron chi connectivity index (χ3n) is 1.73. The highest BCUT2D eigenvalue weighted by atomic mass is 14.9. The molecule has 1 rings (SSSR count). The first-order valence-electron chi connectivity index (χ1n) is 3.35. The lowest BCUT2D eigenvalue weighted by atomic mass is 9.96. The topological polar surface area (TPSA) is 12.0 Å². The third kappa shape index (κ3) is 1.48. The van der Waals surface area contributed by atoms with E-state index in [0.29, 0.717) is 12.0 Å². The molecule has 1 aliphatic heterocycles. The Morgan fingerprint density at radius 1 is 1.62 bits per heavy atom. The summed E-state index contributed by atoms with van der Waals surface area (Å²) in [5.74, 6) is 0.700. The Kier molecular flexibility index (Phi) is 1.90. The number of rotatable bonds is 0. The van der Waals surface area contributed by atoms with Crippen molar-refractivity contribution in [2.75, 3.05) is 6.54 Å². The van der Waals surface area contributed by atoms with Gasteiger partial charge in [-0.1, -0.05) is 6.92 Å². The van der Waals surface area contributed by atoms with Gasteiger partial charge >= 0.3 is 0 Å². The second-order valence-corrected chi connectivity index (χ2v) is 2.75. The Morgan fingerprint density at radius 2 is 2.38 bits per heavy atom. The summed E-state index contributed by atoms with van der Waals surface area (Å²) in [6.07, 6.45) is 2.50. The van der Waals surface area contributed by atoms with Crippen LogP contribution in [-0.4, -0.2) is 12.6 Å². The molecule has 2 unspecified atom stereocenters. The highest BCUT2D eigenvalue weighted by Crippen LogP contribution is 2.13. The van der Waals surface area contributed by atoms with Crippen LogP contribution < -0.4 is 5.32 Å². The van der Waals surface area contributed by atoms with Crippen molar-refractivity contribution in [1.82, 2.24) is 5.32 Å². The molecule has 0 aliphatic carbocycles. The molecule has 0 aromatic heterocycles. The normalized spacial score (nSPS) is 39.8. The Balaban J connectivity index is 2.23. The van der Waals surface area contributed by atoms with E-state index in [1.54, 1.807) is 0 Å². The van der Waals surface area contributed by atoms with E-state index in [1.807, 2.05) is 0 Å². The Morgan fingerprint density at radius 3 is 2.75 bits per heavy atom. The molecule has 8 heavy (non-hydrogen) atoms. The zero-order valence-corrected chi connectivity index (χ0v) is 5.48. The molecule has 1 aliphatic rings. The average molecular weight is 112 g/mol. The van der Waals surface area contributed by atoms with E-state index in [-0.39, 0.29) is 0 Å². The maximum Gasteiger partial charge on any atom is 0.00413 e. The minimum Gasteiger partial charge on any atom is -0.314 e. The third-order valence-corrected chi connectivity index (χ3v) is 1.73. The fourth-order valence-corrected chi connectivity index (χ4v) is 1.24. The highest BCUT2D eigenvalue weighted by Gasteiger charge is 2.12. The van der Waals surface area contributed by atoms with Crippen LogP contribution in [0.1, 0.15) is 19.8 Å². The van der Waals surface area contributed by atoms with E-state index in [2.05, 4.69) is 19.2 Å². The van der Waals surface area contributed by atoms with Crippen LogP contribution in [0.15, 0.2) is 0 Å². The van der Waals surface area contributed by atoms with Gasteiger partial charge in [0.2, 0.25) is 0 Å². The number of nitrogens with one attached hydrogen (secondary N) is 1. The molecule has 0 aromatic rings. The standard InChI is InChI=1S/C7H14N/c1-6-3-4-8-7(2)5-6/h6-8H,1,3-5H2,2H3. The molecule has 47 valence electrons. The monoisotopic (exact) mass is 112 g/mol. The largest absolute Gasteiger partial charge is 0.314 e. The van der Waals surface area contributed by atoms with E-state index in [4.69, 9.17) is 0 Å². The predicted octanol–water partition coefficient (Wildman–Crippen LogP) is 1.21. The lowest BCUT2D eigenvalue weighted by Gasteiger charge is -2.24. The molecule has 1 fully saturated rings. The van der Waals surface area contributed by atoms with Crippen LogP contribution in [0, 0.1) is 12.8 Å². The van der Waals surface area contributed by atoms with Crippen LogP contribution >= 0.6 is 0 Å². The van der Waals surface area contributed by atoms with Gasteiger partial charge in [-0.25, -0.2) is 0 Å². The molecule has 2 atom stereocenters.